The Labute approximate surface area is 90.2 Å². The molecule has 0 atom stereocenters. The lowest BCUT2D eigenvalue weighted by Gasteiger charge is -2.17. The molecule has 0 saturated heterocycles. The third kappa shape index (κ3) is 7.93. The molecule has 0 aromatic heterocycles. The smallest absolute Gasteiger partial charge is 0.309 e. The Morgan fingerprint density at radius 2 is 1.53 bits per heavy atom. The van der Waals surface area contributed by atoms with Crippen LogP contribution in [-0.4, -0.2) is 36.6 Å². The maximum Gasteiger partial charge on any atom is 0.309 e. The second-order valence-electron chi connectivity index (χ2n) is 4.55. The van der Waals surface area contributed by atoms with Crippen molar-refractivity contribution in [2.24, 2.45) is 5.41 Å². The molecule has 0 unspecified atom stereocenters. The third-order valence-electron chi connectivity index (χ3n) is 1.76. The summed E-state index contributed by atoms with van der Waals surface area (Å²) in [5.74, 6) is -1.34. The predicted octanol–water partition coefficient (Wildman–Crippen LogP) is -0.353. The molecule has 88 valence electrons. The zero-order valence-corrected chi connectivity index (χ0v) is 9.59. The Morgan fingerprint density at radius 1 is 1.07 bits per heavy atom. The number of nitrogens with one attached hydrogen (secondary N) is 2. The lowest BCUT2D eigenvalue weighted by Crippen LogP contribution is -2.41. The van der Waals surface area contributed by atoms with E-state index in [-0.39, 0.29) is 18.6 Å². The molecule has 0 fully saturated rings. The molecule has 0 rings (SSSR count). The summed E-state index contributed by atoms with van der Waals surface area (Å²) >= 11 is 0. The minimum atomic E-state index is -0.696. The second-order valence-corrected chi connectivity index (χ2v) is 4.55. The fraction of sp³-hybridized carbons (Fsp3) is 0.800. The fourth-order valence-electron chi connectivity index (χ4n) is 0.881. The molecule has 0 radical (unpaired) electrons. The Morgan fingerprint density at radius 3 is 1.93 bits per heavy atom. The summed E-state index contributed by atoms with van der Waals surface area (Å²) in [4.78, 5) is 22.2. The standard InChI is InChI=1S/C10H20N2O3/c1-10(2,3)4-5-11-8(14)9(15)12-6-7-13/h13H,4-7H2,1-3H3,(H,11,14)(H,12,15). The largest absolute Gasteiger partial charge is 0.395 e. The summed E-state index contributed by atoms with van der Waals surface area (Å²) in [5.41, 5.74) is 0.134. The monoisotopic (exact) mass is 216 g/mol. The fourth-order valence-corrected chi connectivity index (χ4v) is 0.881. The van der Waals surface area contributed by atoms with Crippen LogP contribution in [0.2, 0.25) is 0 Å². The van der Waals surface area contributed by atoms with Crippen LogP contribution in [0.1, 0.15) is 27.2 Å². The van der Waals surface area contributed by atoms with Gasteiger partial charge in [0.05, 0.1) is 6.61 Å². The molecule has 0 aromatic rings. The summed E-state index contributed by atoms with van der Waals surface area (Å²) in [6, 6.07) is 0. The first-order valence-corrected chi connectivity index (χ1v) is 5.04. The topological polar surface area (TPSA) is 78.4 Å². The van der Waals surface area contributed by atoms with E-state index in [0.717, 1.165) is 6.42 Å². The molecule has 0 saturated carbocycles. The van der Waals surface area contributed by atoms with Crippen molar-refractivity contribution >= 4 is 11.8 Å². The van der Waals surface area contributed by atoms with Gasteiger partial charge in [-0.05, 0) is 11.8 Å². The number of amides is 2. The molecule has 3 N–H and O–H groups in total. The Kier molecular flexibility index (Phi) is 5.93. The van der Waals surface area contributed by atoms with Gasteiger partial charge in [0.15, 0.2) is 0 Å². The average molecular weight is 216 g/mol. The predicted molar refractivity (Wildman–Crippen MR) is 57.2 cm³/mol. The Bertz CT molecular complexity index is 221. The van der Waals surface area contributed by atoms with Gasteiger partial charge in [0.1, 0.15) is 0 Å². The molecule has 5 heteroatoms. The molecular weight excluding hydrogens is 196 g/mol. The molecule has 0 aliphatic carbocycles. The first kappa shape index (κ1) is 13.9. The number of rotatable bonds is 4. The van der Waals surface area contributed by atoms with Crippen molar-refractivity contribution in [2.45, 2.75) is 27.2 Å². The zero-order chi connectivity index (χ0) is 11.9. The first-order valence-electron chi connectivity index (χ1n) is 5.04. The maximum atomic E-state index is 11.1. The van der Waals surface area contributed by atoms with E-state index < -0.39 is 11.8 Å². The van der Waals surface area contributed by atoms with Crippen LogP contribution in [-0.2, 0) is 9.59 Å². The second kappa shape index (κ2) is 6.40. The van der Waals surface area contributed by atoms with Crippen molar-refractivity contribution in [1.82, 2.24) is 10.6 Å². The van der Waals surface area contributed by atoms with Crippen molar-refractivity contribution in [3.05, 3.63) is 0 Å². The number of hydrogen-bond donors (Lipinski definition) is 3. The van der Waals surface area contributed by atoms with E-state index in [1.165, 1.54) is 0 Å². The van der Waals surface area contributed by atoms with Crippen LogP contribution < -0.4 is 10.6 Å². The number of carbonyl (C=O) groups excluding carboxylic acids is 2. The van der Waals surface area contributed by atoms with Crippen LogP contribution in [0.3, 0.4) is 0 Å². The zero-order valence-electron chi connectivity index (χ0n) is 9.59. The van der Waals surface area contributed by atoms with Gasteiger partial charge in [-0.3, -0.25) is 9.59 Å². The Hall–Kier alpha value is -1.10. The minimum absolute atomic E-state index is 0.103. The highest BCUT2D eigenvalue weighted by Gasteiger charge is 2.14. The molecule has 0 heterocycles. The molecule has 0 bridgehead atoms. The summed E-state index contributed by atoms with van der Waals surface area (Å²) in [6.45, 7) is 6.60. The molecular formula is C10H20N2O3. The van der Waals surface area contributed by atoms with Crippen molar-refractivity contribution in [1.29, 1.82) is 0 Å². The number of aliphatic hydroxyl groups is 1. The average Bonchev–Trinajstić information content (AvgIpc) is 2.11. The van der Waals surface area contributed by atoms with E-state index in [2.05, 4.69) is 31.4 Å². The molecule has 5 nitrogen and oxygen atoms in total. The van der Waals surface area contributed by atoms with Gasteiger partial charge in [-0.25, -0.2) is 0 Å². The van der Waals surface area contributed by atoms with Gasteiger partial charge >= 0.3 is 11.8 Å². The highest BCUT2D eigenvalue weighted by Crippen LogP contribution is 2.16. The van der Waals surface area contributed by atoms with Gasteiger partial charge in [0, 0.05) is 13.1 Å². The van der Waals surface area contributed by atoms with Gasteiger partial charge in [-0.15, -0.1) is 0 Å². The van der Waals surface area contributed by atoms with Crippen molar-refractivity contribution in [3.8, 4) is 0 Å². The van der Waals surface area contributed by atoms with Crippen molar-refractivity contribution in [3.63, 3.8) is 0 Å². The van der Waals surface area contributed by atoms with E-state index in [4.69, 9.17) is 5.11 Å². The highest BCUT2D eigenvalue weighted by atomic mass is 16.3. The summed E-state index contributed by atoms with van der Waals surface area (Å²) < 4.78 is 0. The SMILES string of the molecule is CC(C)(C)CCNC(=O)C(=O)NCCO. The van der Waals surface area contributed by atoms with Gasteiger partial charge in [-0.1, -0.05) is 20.8 Å². The third-order valence-corrected chi connectivity index (χ3v) is 1.76. The first-order chi connectivity index (χ1) is 6.87. The molecule has 0 aliphatic rings. The maximum absolute atomic E-state index is 11.1. The van der Waals surface area contributed by atoms with Gasteiger partial charge in [0.2, 0.25) is 0 Å². The summed E-state index contributed by atoms with van der Waals surface area (Å²) in [6.07, 6.45) is 0.812. The van der Waals surface area contributed by atoms with E-state index in [9.17, 15) is 9.59 Å². The molecule has 0 aliphatic heterocycles. The highest BCUT2D eigenvalue weighted by molar-refractivity contribution is 6.35. The van der Waals surface area contributed by atoms with Crippen LogP contribution in [0.5, 0.6) is 0 Å². The van der Waals surface area contributed by atoms with E-state index in [1.54, 1.807) is 0 Å². The number of hydrogen-bond acceptors (Lipinski definition) is 3. The van der Waals surface area contributed by atoms with Crippen LogP contribution in [0.25, 0.3) is 0 Å². The Balaban J connectivity index is 3.70. The normalized spacial score (nSPS) is 10.9. The minimum Gasteiger partial charge on any atom is -0.395 e. The van der Waals surface area contributed by atoms with Gasteiger partial charge in [0.25, 0.3) is 0 Å². The van der Waals surface area contributed by atoms with Crippen LogP contribution in [0.15, 0.2) is 0 Å². The van der Waals surface area contributed by atoms with Crippen LogP contribution in [0, 0.1) is 5.41 Å². The molecule has 0 aromatic carbocycles. The lowest BCUT2D eigenvalue weighted by molar-refractivity contribution is -0.139. The van der Waals surface area contributed by atoms with Gasteiger partial charge < -0.3 is 15.7 Å². The van der Waals surface area contributed by atoms with Crippen molar-refractivity contribution in [2.75, 3.05) is 19.7 Å². The van der Waals surface area contributed by atoms with Crippen LogP contribution in [0.4, 0.5) is 0 Å². The number of aliphatic hydroxyl groups excluding tert-OH is 1. The molecule has 15 heavy (non-hydrogen) atoms. The number of carbonyl (C=O) groups is 2. The van der Waals surface area contributed by atoms with Crippen LogP contribution >= 0.6 is 0 Å². The molecule has 2 amide bonds. The lowest BCUT2D eigenvalue weighted by atomic mass is 9.92. The van der Waals surface area contributed by atoms with Gasteiger partial charge in [-0.2, -0.15) is 0 Å². The summed E-state index contributed by atoms with van der Waals surface area (Å²) in [5, 5.41) is 13.2. The summed E-state index contributed by atoms with van der Waals surface area (Å²) in [7, 11) is 0. The van der Waals surface area contributed by atoms with Crippen molar-refractivity contribution < 1.29 is 14.7 Å². The quantitative estimate of drug-likeness (QED) is 0.562. The van der Waals surface area contributed by atoms with E-state index in [0.29, 0.717) is 6.54 Å². The van der Waals surface area contributed by atoms with E-state index >= 15 is 0 Å². The molecule has 0 spiro atoms. The van der Waals surface area contributed by atoms with E-state index in [1.807, 2.05) is 0 Å².